The lowest BCUT2D eigenvalue weighted by atomic mass is 9.85. The average molecular weight is 686 g/mol. The second-order valence-corrected chi connectivity index (χ2v) is 14.7. The van der Waals surface area contributed by atoms with E-state index in [1.165, 1.54) is 4.90 Å². The number of thiazole rings is 1. The van der Waals surface area contributed by atoms with Gasteiger partial charge in [-0.05, 0) is 42.9 Å². The molecular formula is C34H51N7O6S. The highest BCUT2D eigenvalue weighted by molar-refractivity contribution is 7.13. The van der Waals surface area contributed by atoms with Gasteiger partial charge in [-0.15, -0.1) is 11.3 Å². The van der Waals surface area contributed by atoms with Gasteiger partial charge in [0.15, 0.2) is 0 Å². The number of carbonyl (C=O) groups excluding carboxylic acids is 3. The number of hydrogen-bond donors (Lipinski definition) is 5. The quantitative estimate of drug-likeness (QED) is 0.188. The second kappa shape index (κ2) is 17.2. The maximum Gasteiger partial charge on any atom is 0.404 e. The van der Waals surface area contributed by atoms with Gasteiger partial charge < -0.3 is 36.0 Å². The highest BCUT2D eigenvalue weighted by Gasteiger charge is 2.44. The van der Waals surface area contributed by atoms with Gasteiger partial charge in [-0.25, -0.2) is 9.78 Å². The Morgan fingerprint density at radius 3 is 2.31 bits per heavy atom. The van der Waals surface area contributed by atoms with Crippen molar-refractivity contribution in [3.8, 4) is 10.4 Å². The van der Waals surface area contributed by atoms with Crippen LogP contribution in [-0.2, 0) is 20.9 Å². The minimum absolute atomic E-state index is 0.0281. The van der Waals surface area contributed by atoms with Gasteiger partial charge in [0.05, 0.1) is 28.7 Å². The van der Waals surface area contributed by atoms with Crippen LogP contribution >= 0.6 is 11.3 Å². The van der Waals surface area contributed by atoms with E-state index in [2.05, 4.69) is 30.7 Å². The highest BCUT2D eigenvalue weighted by atomic mass is 32.1. The minimum atomic E-state index is -0.994. The summed E-state index contributed by atoms with van der Waals surface area (Å²) in [6, 6.07) is 6.21. The first-order valence-electron chi connectivity index (χ1n) is 16.8. The molecule has 2 saturated heterocycles. The molecule has 2 aromatic rings. The molecule has 5 N–H and O–H groups in total. The van der Waals surface area contributed by atoms with Crippen LogP contribution in [0.4, 0.5) is 4.79 Å². The number of unbranched alkanes of at least 4 members (excludes halogenated alkanes) is 2. The number of nitrogens with one attached hydrogen (secondary N) is 3. The van der Waals surface area contributed by atoms with E-state index in [4.69, 9.17) is 5.11 Å². The topological polar surface area (TPSA) is 167 Å². The van der Waals surface area contributed by atoms with Gasteiger partial charge in [-0.3, -0.25) is 19.3 Å². The highest BCUT2D eigenvalue weighted by Crippen LogP contribution is 2.28. The average Bonchev–Trinajstić information content (AvgIpc) is 3.65. The summed E-state index contributed by atoms with van der Waals surface area (Å²) in [5, 5.41) is 27.4. The first kappa shape index (κ1) is 37.2. The number of benzene rings is 1. The third kappa shape index (κ3) is 10.7. The molecule has 264 valence electrons. The summed E-state index contributed by atoms with van der Waals surface area (Å²) in [7, 11) is 0. The van der Waals surface area contributed by atoms with Crippen molar-refractivity contribution in [2.75, 3.05) is 52.4 Å². The van der Waals surface area contributed by atoms with Crippen molar-refractivity contribution in [2.45, 2.75) is 78.1 Å². The third-order valence-corrected chi connectivity index (χ3v) is 9.95. The first-order valence-corrected chi connectivity index (χ1v) is 17.7. The van der Waals surface area contributed by atoms with Gasteiger partial charge in [0.1, 0.15) is 12.1 Å². The SMILES string of the molecule is Cc1ncsc1-c1ccc(CNC(=O)[C@@H]2C[C@@H](O)CN2C(=O)[C@@H](NC(=O)CN2CCN(CCCCCNC(=O)O)CC2)C(C)(C)C)cc1. The van der Waals surface area contributed by atoms with Crippen LogP contribution in [0, 0.1) is 12.3 Å². The van der Waals surface area contributed by atoms with Crippen molar-refractivity contribution in [1.82, 2.24) is 35.6 Å². The fourth-order valence-corrected chi connectivity index (χ4v) is 7.01. The number of aromatic nitrogens is 1. The zero-order valence-corrected chi connectivity index (χ0v) is 29.4. The number of amides is 4. The predicted octanol–water partition coefficient (Wildman–Crippen LogP) is 2.28. The number of piperazine rings is 1. The molecule has 4 rings (SSSR count). The molecule has 14 heteroatoms. The summed E-state index contributed by atoms with van der Waals surface area (Å²) in [4.78, 5) is 62.3. The number of rotatable bonds is 14. The molecule has 3 heterocycles. The van der Waals surface area contributed by atoms with E-state index in [0.29, 0.717) is 6.54 Å². The van der Waals surface area contributed by atoms with Gasteiger partial charge in [-0.2, -0.15) is 0 Å². The maximum absolute atomic E-state index is 13.9. The summed E-state index contributed by atoms with van der Waals surface area (Å²) < 4.78 is 0. The molecule has 2 aliphatic heterocycles. The molecular weight excluding hydrogens is 634 g/mol. The number of nitrogens with zero attached hydrogens (tertiary/aromatic N) is 4. The van der Waals surface area contributed by atoms with Crippen molar-refractivity contribution in [2.24, 2.45) is 5.41 Å². The molecule has 0 bridgehead atoms. The van der Waals surface area contributed by atoms with Crippen LogP contribution in [0.15, 0.2) is 29.8 Å². The lowest BCUT2D eigenvalue weighted by molar-refractivity contribution is -0.144. The third-order valence-electron chi connectivity index (χ3n) is 8.97. The smallest absolute Gasteiger partial charge is 0.404 e. The van der Waals surface area contributed by atoms with Crippen LogP contribution in [0.1, 0.15) is 57.7 Å². The summed E-state index contributed by atoms with van der Waals surface area (Å²) in [6.07, 6.45) is 1.06. The Balaban J connectivity index is 1.26. The zero-order chi connectivity index (χ0) is 34.8. The molecule has 3 atom stereocenters. The van der Waals surface area contributed by atoms with Crippen LogP contribution in [-0.4, -0.2) is 124 Å². The van der Waals surface area contributed by atoms with Crippen molar-refractivity contribution in [3.05, 3.63) is 41.0 Å². The van der Waals surface area contributed by atoms with Crippen molar-refractivity contribution >= 4 is 35.2 Å². The van der Waals surface area contributed by atoms with Crippen LogP contribution in [0.2, 0.25) is 0 Å². The molecule has 2 fully saturated rings. The molecule has 0 radical (unpaired) electrons. The lowest BCUT2D eigenvalue weighted by Crippen LogP contribution is -2.59. The van der Waals surface area contributed by atoms with Crippen molar-refractivity contribution < 1.29 is 29.4 Å². The zero-order valence-electron chi connectivity index (χ0n) is 28.5. The van der Waals surface area contributed by atoms with Gasteiger partial charge in [-0.1, -0.05) is 51.5 Å². The van der Waals surface area contributed by atoms with Crippen molar-refractivity contribution in [1.29, 1.82) is 0 Å². The Morgan fingerprint density at radius 1 is 1.00 bits per heavy atom. The molecule has 0 aliphatic carbocycles. The summed E-state index contributed by atoms with van der Waals surface area (Å²) in [5.74, 6) is -0.961. The number of aliphatic hydroxyl groups excluding tert-OH is 1. The van der Waals surface area contributed by atoms with Crippen LogP contribution in [0.3, 0.4) is 0 Å². The lowest BCUT2D eigenvalue weighted by Gasteiger charge is -2.37. The molecule has 0 saturated carbocycles. The van der Waals surface area contributed by atoms with E-state index >= 15 is 0 Å². The summed E-state index contributed by atoms with van der Waals surface area (Å²) in [6.45, 7) is 12.6. The van der Waals surface area contributed by atoms with Crippen LogP contribution in [0.5, 0.6) is 0 Å². The number of carboxylic acid groups (broad SMARTS) is 1. The summed E-state index contributed by atoms with van der Waals surface area (Å²) in [5.41, 5.74) is 4.14. The van der Waals surface area contributed by atoms with E-state index in [1.807, 2.05) is 57.5 Å². The van der Waals surface area contributed by atoms with Gasteiger partial charge in [0.25, 0.3) is 0 Å². The molecule has 1 aromatic heterocycles. The normalized spacial score (nSPS) is 19.6. The van der Waals surface area contributed by atoms with Crippen LogP contribution in [0.25, 0.3) is 10.4 Å². The van der Waals surface area contributed by atoms with E-state index < -0.39 is 29.7 Å². The Bertz CT molecular complexity index is 1390. The fourth-order valence-electron chi connectivity index (χ4n) is 6.19. The van der Waals surface area contributed by atoms with Crippen LogP contribution < -0.4 is 16.0 Å². The number of aryl methyl sites for hydroxylation is 1. The van der Waals surface area contributed by atoms with Gasteiger partial charge in [0.2, 0.25) is 17.7 Å². The van der Waals surface area contributed by atoms with Gasteiger partial charge >= 0.3 is 6.09 Å². The molecule has 13 nitrogen and oxygen atoms in total. The number of aliphatic hydroxyl groups is 1. The van der Waals surface area contributed by atoms with E-state index in [0.717, 1.165) is 73.7 Å². The Hall–Kier alpha value is -3.59. The fraction of sp³-hybridized carbons (Fsp3) is 0.618. The molecule has 2 aliphatic rings. The first-order chi connectivity index (χ1) is 22.8. The Morgan fingerprint density at radius 2 is 1.69 bits per heavy atom. The molecule has 1 aromatic carbocycles. The monoisotopic (exact) mass is 685 g/mol. The second-order valence-electron chi connectivity index (χ2n) is 13.9. The standard InChI is InChI=1S/C34H51N7O6S/c1-23-29(48-22-37-23)25-10-8-24(9-11-25)19-36-31(44)27-18-26(42)20-41(27)32(45)30(34(2,3)4)38-28(43)21-40-16-14-39(15-17-40)13-7-5-6-12-35-33(46)47/h8-11,22,26-27,30,35,42H,5-7,12-21H2,1-4H3,(H,36,44)(H,38,43)(H,46,47)/t26-,27+,30-/m1/s1. The van der Waals surface area contributed by atoms with Crippen molar-refractivity contribution in [3.63, 3.8) is 0 Å². The number of likely N-dealkylation sites (tertiary alicyclic amines) is 1. The molecule has 0 spiro atoms. The molecule has 4 amide bonds. The van der Waals surface area contributed by atoms with Gasteiger partial charge in [0, 0.05) is 52.2 Å². The largest absolute Gasteiger partial charge is 0.465 e. The number of carbonyl (C=O) groups is 4. The Labute approximate surface area is 287 Å². The number of hydrogen-bond acceptors (Lipinski definition) is 9. The van der Waals surface area contributed by atoms with E-state index in [-0.39, 0.29) is 43.8 Å². The molecule has 0 unspecified atom stereocenters. The number of β-amino-alcohol motifs (C(OH)–C–C–N with tert-alkyl or cyclic N) is 1. The Kier molecular flexibility index (Phi) is 13.3. The summed E-state index contributed by atoms with van der Waals surface area (Å²) >= 11 is 1.58. The minimum Gasteiger partial charge on any atom is -0.465 e. The molecule has 48 heavy (non-hydrogen) atoms. The van der Waals surface area contributed by atoms with E-state index in [1.54, 1.807) is 11.3 Å². The maximum atomic E-state index is 13.9. The predicted molar refractivity (Wildman–Crippen MR) is 184 cm³/mol. The van der Waals surface area contributed by atoms with E-state index in [9.17, 15) is 24.3 Å².